The number of hydrogen-bond acceptors (Lipinski definition) is 2. The molecule has 0 aromatic heterocycles. The molecule has 0 aliphatic heterocycles. The summed E-state index contributed by atoms with van der Waals surface area (Å²) < 4.78 is 8.65. The average Bonchev–Trinajstić information content (AvgIpc) is 2.59. The Bertz CT molecular complexity index is 288. The van der Waals surface area contributed by atoms with Gasteiger partial charge in [-0.25, -0.2) is 0 Å². The zero-order valence-corrected chi connectivity index (χ0v) is 20.7. The van der Waals surface area contributed by atoms with Crippen LogP contribution in [0.1, 0.15) is 117 Å². The van der Waals surface area contributed by atoms with Crippen LogP contribution in [0.5, 0.6) is 0 Å². The molecule has 0 aliphatic rings. The SMILES string of the molecule is CCCCCCC[CH2][Sn]([CH3])([CH2]CCCCCCC)[O]C(=O)CCCC. The van der Waals surface area contributed by atoms with Gasteiger partial charge in [0, 0.05) is 0 Å². The Balaban J connectivity index is 4.20. The van der Waals surface area contributed by atoms with Gasteiger partial charge in [-0.3, -0.25) is 0 Å². The van der Waals surface area contributed by atoms with Gasteiger partial charge in [0.05, 0.1) is 0 Å². The van der Waals surface area contributed by atoms with Crippen molar-refractivity contribution in [2.75, 3.05) is 0 Å². The van der Waals surface area contributed by atoms with Crippen molar-refractivity contribution >= 4 is 24.8 Å². The molecule has 2 nitrogen and oxygen atoms in total. The molecule has 0 N–H and O–H groups in total. The molecule has 25 heavy (non-hydrogen) atoms. The molecule has 0 atom stereocenters. The van der Waals surface area contributed by atoms with E-state index in [-0.39, 0.29) is 5.97 Å². The molecule has 0 spiro atoms. The molecule has 0 unspecified atom stereocenters. The van der Waals surface area contributed by atoms with Crippen molar-refractivity contribution in [3.8, 4) is 0 Å². The number of rotatable bonds is 18. The Morgan fingerprint density at radius 2 is 1.04 bits per heavy atom. The second-order valence-corrected chi connectivity index (χ2v) is 19.8. The molecular weight excluding hydrogens is 415 g/mol. The molecule has 0 aliphatic carbocycles. The Hall–Kier alpha value is 0.269. The first-order valence-electron chi connectivity index (χ1n) is 11.3. The van der Waals surface area contributed by atoms with Crippen molar-refractivity contribution in [1.82, 2.24) is 0 Å². The fourth-order valence-corrected chi connectivity index (χ4v) is 12.3. The molecule has 150 valence electrons. The third-order valence-corrected chi connectivity index (χ3v) is 15.3. The van der Waals surface area contributed by atoms with Gasteiger partial charge in [0.15, 0.2) is 0 Å². The molecular formula is C22H46O2Sn. The van der Waals surface area contributed by atoms with Crippen molar-refractivity contribution in [3.63, 3.8) is 0 Å². The van der Waals surface area contributed by atoms with Crippen LogP contribution in [0.3, 0.4) is 0 Å². The summed E-state index contributed by atoms with van der Waals surface area (Å²) in [5.74, 6) is 0.108. The van der Waals surface area contributed by atoms with E-state index < -0.39 is 18.8 Å². The van der Waals surface area contributed by atoms with Gasteiger partial charge in [0.2, 0.25) is 0 Å². The van der Waals surface area contributed by atoms with Crippen LogP contribution >= 0.6 is 0 Å². The Labute approximate surface area is 163 Å². The first-order chi connectivity index (χ1) is 12.1. The van der Waals surface area contributed by atoms with Crippen molar-refractivity contribution in [1.29, 1.82) is 0 Å². The second-order valence-electron chi connectivity index (χ2n) is 8.06. The third kappa shape index (κ3) is 16.2. The summed E-state index contributed by atoms with van der Waals surface area (Å²) >= 11 is -2.67. The molecule has 0 aromatic rings. The number of unbranched alkanes of at least 4 members (excludes halogenated alkanes) is 11. The van der Waals surface area contributed by atoms with Crippen LogP contribution in [-0.4, -0.2) is 24.8 Å². The Kier molecular flexibility index (Phi) is 17.9. The summed E-state index contributed by atoms with van der Waals surface area (Å²) in [6.45, 7) is 6.68. The number of carbonyl (C=O) groups excluding carboxylic acids is 1. The number of hydrogen-bond donors (Lipinski definition) is 0. The van der Waals surface area contributed by atoms with Gasteiger partial charge in [0.1, 0.15) is 0 Å². The van der Waals surface area contributed by atoms with Crippen LogP contribution in [-0.2, 0) is 7.87 Å². The van der Waals surface area contributed by atoms with Crippen LogP contribution in [0.15, 0.2) is 0 Å². The summed E-state index contributed by atoms with van der Waals surface area (Å²) in [6.07, 6.45) is 18.7. The summed E-state index contributed by atoms with van der Waals surface area (Å²) in [5, 5.41) is 0. The van der Waals surface area contributed by atoms with Gasteiger partial charge in [-0.1, -0.05) is 0 Å². The van der Waals surface area contributed by atoms with Crippen molar-refractivity contribution in [2.24, 2.45) is 0 Å². The van der Waals surface area contributed by atoms with E-state index in [9.17, 15) is 4.79 Å². The molecule has 3 heteroatoms. The summed E-state index contributed by atoms with van der Waals surface area (Å²) in [4.78, 5) is 14.6. The molecule has 0 fully saturated rings. The molecule has 0 saturated heterocycles. The van der Waals surface area contributed by atoms with Crippen molar-refractivity contribution in [3.05, 3.63) is 0 Å². The van der Waals surface area contributed by atoms with Crippen LogP contribution in [0, 0.1) is 0 Å². The molecule has 0 heterocycles. The topological polar surface area (TPSA) is 26.3 Å². The second kappa shape index (κ2) is 17.7. The summed E-state index contributed by atoms with van der Waals surface area (Å²) in [6, 6.07) is 0. The molecule has 0 rings (SSSR count). The average molecular weight is 461 g/mol. The van der Waals surface area contributed by atoms with Crippen LogP contribution in [0.25, 0.3) is 0 Å². The first-order valence-corrected chi connectivity index (χ1v) is 19.3. The normalized spacial score (nSPS) is 11.7. The van der Waals surface area contributed by atoms with Crippen LogP contribution < -0.4 is 0 Å². The minimum atomic E-state index is -2.67. The molecule has 0 radical (unpaired) electrons. The summed E-state index contributed by atoms with van der Waals surface area (Å²) in [7, 11) is 0. The fourth-order valence-electron chi connectivity index (χ4n) is 3.43. The predicted molar refractivity (Wildman–Crippen MR) is 114 cm³/mol. The molecule has 0 bridgehead atoms. The molecule has 0 aromatic carbocycles. The van der Waals surface area contributed by atoms with Gasteiger partial charge < -0.3 is 0 Å². The Morgan fingerprint density at radius 3 is 1.48 bits per heavy atom. The first kappa shape index (κ1) is 25.3. The van der Waals surface area contributed by atoms with Gasteiger partial charge in [0.25, 0.3) is 0 Å². The van der Waals surface area contributed by atoms with Crippen LogP contribution in [0.4, 0.5) is 0 Å². The van der Waals surface area contributed by atoms with Crippen molar-refractivity contribution in [2.45, 2.75) is 131 Å². The van der Waals surface area contributed by atoms with E-state index in [1.807, 2.05) is 0 Å². The maximum absolute atomic E-state index is 12.2. The van der Waals surface area contributed by atoms with Crippen LogP contribution in [0.2, 0.25) is 13.8 Å². The zero-order valence-electron chi connectivity index (χ0n) is 17.8. The third-order valence-electron chi connectivity index (χ3n) is 5.21. The molecule has 0 amide bonds. The minimum absolute atomic E-state index is 0.108. The monoisotopic (exact) mass is 462 g/mol. The van der Waals surface area contributed by atoms with Crippen molar-refractivity contribution < 1.29 is 7.87 Å². The predicted octanol–water partition coefficient (Wildman–Crippen LogP) is 8.02. The Morgan fingerprint density at radius 1 is 0.640 bits per heavy atom. The number of carbonyl (C=O) groups is 1. The van der Waals surface area contributed by atoms with E-state index >= 15 is 0 Å². The van der Waals surface area contributed by atoms with Gasteiger partial charge in [-0.2, -0.15) is 0 Å². The van der Waals surface area contributed by atoms with E-state index in [4.69, 9.17) is 3.07 Å². The van der Waals surface area contributed by atoms with Gasteiger partial charge >= 0.3 is 164 Å². The molecule has 0 saturated carbocycles. The van der Waals surface area contributed by atoms with Gasteiger partial charge in [-0.05, 0) is 0 Å². The maximum atomic E-state index is 12.2. The van der Waals surface area contributed by atoms with E-state index in [0.717, 1.165) is 12.8 Å². The standard InChI is InChI=1S/2C8H17.C5H10O2.CH3.Sn/c2*1-3-5-7-8-6-4-2;1-2-3-4-5(6)7;;/h2*1,3-8H2,2H3;2-4H2,1H3,(H,6,7);1H3;/q;;;;+1/p-1. The fraction of sp³-hybridized carbons (Fsp3) is 0.955. The van der Waals surface area contributed by atoms with E-state index in [0.29, 0.717) is 6.42 Å². The van der Waals surface area contributed by atoms with E-state index in [2.05, 4.69) is 25.7 Å². The van der Waals surface area contributed by atoms with Gasteiger partial charge in [-0.15, -0.1) is 0 Å². The quantitative estimate of drug-likeness (QED) is 0.153. The summed E-state index contributed by atoms with van der Waals surface area (Å²) in [5.41, 5.74) is 0. The van der Waals surface area contributed by atoms with E-state index in [1.54, 1.807) is 0 Å². The zero-order chi connectivity index (χ0) is 18.8. The van der Waals surface area contributed by atoms with E-state index in [1.165, 1.54) is 85.9 Å².